The first-order valence-electron chi connectivity index (χ1n) is 8.89. The molecule has 2 rings (SSSR count). The quantitative estimate of drug-likeness (QED) is 0.505. The molecule has 1 aromatic rings. The first-order chi connectivity index (χ1) is 12.0. The third-order valence-electron chi connectivity index (χ3n) is 4.26. The molecule has 1 atom stereocenters. The number of para-hydroxylation sites is 1. The molecule has 0 aliphatic carbocycles. The molecule has 0 spiro atoms. The minimum Gasteiger partial charge on any atom is -0.462 e. The van der Waals surface area contributed by atoms with Crippen LogP contribution in [0.25, 0.3) is 0 Å². The fourth-order valence-corrected chi connectivity index (χ4v) is 2.85. The van der Waals surface area contributed by atoms with Gasteiger partial charge in [-0.1, -0.05) is 32.4 Å². The maximum atomic E-state index is 12.3. The number of nitrogens with one attached hydrogen (secondary N) is 1. The largest absolute Gasteiger partial charge is 0.462 e. The summed E-state index contributed by atoms with van der Waals surface area (Å²) in [6.07, 6.45) is 3.68. The third kappa shape index (κ3) is 5.31. The van der Waals surface area contributed by atoms with Gasteiger partial charge in [-0.25, -0.2) is 4.79 Å². The Morgan fingerprint density at radius 1 is 1.28 bits per heavy atom. The van der Waals surface area contributed by atoms with Gasteiger partial charge in [0.1, 0.15) is 0 Å². The van der Waals surface area contributed by atoms with E-state index in [0.29, 0.717) is 31.3 Å². The molecule has 136 valence electrons. The number of rotatable bonds is 5. The minimum absolute atomic E-state index is 0.256. The van der Waals surface area contributed by atoms with Gasteiger partial charge in [0.2, 0.25) is 0 Å². The molecule has 2 amide bonds. The van der Waals surface area contributed by atoms with Crippen molar-refractivity contribution < 1.29 is 19.1 Å². The first kappa shape index (κ1) is 19.0. The van der Waals surface area contributed by atoms with Gasteiger partial charge in [0.05, 0.1) is 17.9 Å². The van der Waals surface area contributed by atoms with E-state index in [1.165, 1.54) is 0 Å². The van der Waals surface area contributed by atoms with Gasteiger partial charge in [-0.2, -0.15) is 0 Å². The van der Waals surface area contributed by atoms with Crippen LogP contribution in [0.1, 0.15) is 49.9 Å². The molecule has 1 aromatic carbocycles. The molecule has 0 aromatic heterocycles. The second-order valence-electron chi connectivity index (χ2n) is 6.49. The van der Waals surface area contributed by atoms with Crippen molar-refractivity contribution in [2.75, 3.05) is 25.0 Å². The van der Waals surface area contributed by atoms with Crippen LogP contribution in [0.2, 0.25) is 0 Å². The number of ether oxygens (including phenoxy) is 1. The van der Waals surface area contributed by atoms with Gasteiger partial charge >= 0.3 is 17.8 Å². The molecule has 1 aliphatic heterocycles. The zero-order valence-electron chi connectivity index (χ0n) is 14.9. The van der Waals surface area contributed by atoms with Crippen LogP contribution in [-0.2, 0) is 14.3 Å². The molecule has 1 heterocycles. The molecule has 0 bridgehead atoms. The summed E-state index contributed by atoms with van der Waals surface area (Å²) >= 11 is 0. The van der Waals surface area contributed by atoms with Crippen LogP contribution in [-0.4, -0.2) is 42.4 Å². The van der Waals surface area contributed by atoms with Crippen LogP contribution in [0.4, 0.5) is 5.69 Å². The van der Waals surface area contributed by atoms with Crippen molar-refractivity contribution in [1.82, 2.24) is 4.90 Å². The number of hydrogen-bond acceptors (Lipinski definition) is 4. The second-order valence-corrected chi connectivity index (χ2v) is 6.49. The topological polar surface area (TPSA) is 75.7 Å². The van der Waals surface area contributed by atoms with Crippen LogP contribution in [0, 0.1) is 5.92 Å². The van der Waals surface area contributed by atoms with Gasteiger partial charge in [-0.15, -0.1) is 0 Å². The number of unbranched alkanes of at least 4 members (excludes halogenated alkanes) is 1. The number of esters is 1. The fraction of sp³-hybridized carbons (Fsp3) is 0.526. The number of amides is 2. The van der Waals surface area contributed by atoms with Crippen molar-refractivity contribution in [2.45, 2.75) is 39.5 Å². The van der Waals surface area contributed by atoms with Crippen molar-refractivity contribution in [1.29, 1.82) is 0 Å². The Hall–Kier alpha value is -2.37. The van der Waals surface area contributed by atoms with Crippen molar-refractivity contribution in [3.63, 3.8) is 0 Å². The molecule has 1 N–H and O–H groups in total. The Labute approximate surface area is 148 Å². The number of likely N-dealkylation sites (tertiary alicyclic amines) is 1. The second kappa shape index (κ2) is 9.20. The molecule has 1 aliphatic rings. The maximum absolute atomic E-state index is 12.3. The number of carbonyl (C=O) groups is 3. The lowest BCUT2D eigenvalue weighted by Crippen LogP contribution is -2.44. The predicted molar refractivity (Wildman–Crippen MR) is 95.2 cm³/mol. The number of carbonyl (C=O) groups excluding carboxylic acids is 3. The van der Waals surface area contributed by atoms with Gasteiger partial charge in [0, 0.05) is 13.1 Å². The molecule has 1 saturated heterocycles. The number of anilines is 1. The van der Waals surface area contributed by atoms with Gasteiger partial charge in [-0.3, -0.25) is 9.59 Å². The summed E-state index contributed by atoms with van der Waals surface area (Å²) in [6, 6.07) is 6.57. The summed E-state index contributed by atoms with van der Waals surface area (Å²) in [7, 11) is 0. The zero-order chi connectivity index (χ0) is 18.2. The van der Waals surface area contributed by atoms with E-state index in [4.69, 9.17) is 4.74 Å². The normalized spacial score (nSPS) is 17.0. The lowest BCUT2D eigenvalue weighted by Gasteiger charge is -2.30. The van der Waals surface area contributed by atoms with Crippen LogP contribution >= 0.6 is 0 Å². The highest BCUT2D eigenvalue weighted by Crippen LogP contribution is 2.18. The standard InChI is InChI=1S/C19H26N2O4/c1-3-4-12-25-19(24)15-9-5-6-10-16(15)20-17(22)18(23)21-11-7-8-14(2)13-21/h5-6,9-10,14H,3-4,7-8,11-13H2,1-2H3,(H,20,22). The molecule has 1 fully saturated rings. The summed E-state index contributed by atoms with van der Waals surface area (Å²) in [5, 5.41) is 2.56. The zero-order valence-corrected chi connectivity index (χ0v) is 14.9. The number of hydrogen-bond donors (Lipinski definition) is 1. The maximum Gasteiger partial charge on any atom is 0.340 e. The Balaban J connectivity index is 2.02. The molecule has 0 saturated carbocycles. The van der Waals surface area contributed by atoms with Crippen LogP contribution in [0.5, 0.6) is 0 Å². The van der Waals surface area contributed by atoms with E-state index in [1.54, 1.807) is 29.2 Å². The fourth-order valence-electron chi connectivity index (χ4n) is 2.85. The van der Waals surface area contributed by atoms with Gasteiger partial charge in [-0.05, 0) is 37.3 Å². The average Bonchev–Trinajstić information content (AvgIpc) is 2.61. The van der Waals surface area contributed by atoms with Crippen LogP contribution in [0.3, 0.4) is 0 Å². The van der Waals surface area contributed by atoms with E-state index in [-0.39, 0.29) is 5.56 Å². The van der Waals surface area contributed by atoms with E-state index in [9.17, 15) is 14.4 Å². The van der Waals surface area contributed by atoms with Gasteiger partial charge in [0.15, 0.2) is 0 Å². The minimum atomic E-state index is -0.720. The number of benzene rings is 1. The Kier molecular flexibility index (Phi) is 6.98. The third-order valence-corrected chi connectivity index (χ3v) is 4.26. The molecule has 0 radical (unpaired) electrons. The molecule has 6 nitrogen and oxygen atoms in total. The van der Waals surface area contributed by atoms with E-state index >= 15 is 0 Å². The highest BCUT2D eigenvalue weighted by atomic mass is 16.5. The summed E-state index contributed by atoms with van der Waals surface area (Å²) in [5.74, 6) is -1.38. The summed E-state index contributed by atoms with van der Waals surface area (Å²) < 4.78 is 5.20. The SMILES string of the molecule is CCCCOC(=O)c1ccccc1NC(=O)C(=O)N1CCCC(C)C1. The lowest BCUT2D eigenvalue weighted by molar-refractivity contribution is -0.144. The van der Waals surface area contributed by atoms with Gasteiger partial charge < -0.3 is 15.0 Å². The Morgan fingerprint density at radius 3 is 2.76 bits per heavy atom. The highest BCUT2D eigenvalue weighted by molar-refractivity contribution is 6.39. The molecular weight excluding hydrogens is 320 g/mol. The van der Waals surface area contributed by atoms with Crippen molar-refractivity contribution in [3.05, 3.63) is 29.8 Å². The lowest BCUT2D eigenvalue weighted by atomic mass is 10.0. The van der Waals surface area contributed by atoms with Crippen LogP contribution < -0.4 is 5.32 Å². The van der Waals surface area contributed by atoms with Crippen LogP contribution in [0.15, 0.2) is 24.3 Å². The average molecular weight is 346 g/mol. The van der Waals surface area contributed by atoms with Crippen molar-refractivity contribution >= 4 is 23.5 Å². The van der Waals surface area contributed by atoms with E-state index in [2.05, 4.69) is 12.2 Å². The Bertz CT molecular complexity index is 630. The summed E-state index contributed by atoms with van der Waals surface area (Å²) in [6.45, 7) is 5.60. The van der Waals surface area contributed by atoms with E-state index < -0.39 is 17.8 Å². The van der Waals surface area contributed by atoms with E-state index in [1.807, 2.05) is 6.92 Å². The van der Waals surface area contributed by atoms with Crippen molar-refractivity contribution in [3.8, 4) is 0 Å². The summed E-state index contributed by atoms with van der Waals surface area (Å²) in [5.41, 5.74) is 0.555. The number of piperidine rings is 1. The van der Waals surface area contributed by atoms with Gasteiger partial charge in [0.25, 0.3) is 0 Å². The first-order valence-corrected chi connectivity index (χ1v) is 8.89. The highest BCUT2D eigenvalue weighted by Gasteiger charge is 2.27. The smallest absolute Gasteiger partial charge is 0.340 e. The molecular formula is C19H26N2O4. The molecule has 25 heavy (non-hydrogen) atoms. The monoisotopic (exact) mass is 346 g/mol. The number of nitrogens with zero attached hydrogens (tertiary/aromatic N) is 1. The molecule has 1 unspecified atom stereocenters. The predicted octanol–water partition coefficient (Wildman–Crippen LogP) is 2.84. The summed E-state index contributed by atoms with van der Waals surface area (Å²) in [4.78, 5) is 38.4. The molecule has 6 heteroatoms. The van der Waals surface area contributed by atoms with E-state index in [0.717, 1.165) is 25.7 Å². The Morgan fingerprint density at radius 2 is 2.04 bits per heavy atom. The van der Waals surface area contributed by atoms with Crippen molar-refractivity contribution in [2.24, 2.45) is 5.92 Å².